The predicted molar refractivity (Wildman–Crippen MR) is 74.7 cm³/mol. The van der Waals surface area contributed by atoms with E-state index in [-0.39, 0.29) is 5.91 Å². The lowest BCUT2D eigenvalue weighted by atomic mass is 10.0. The molecule has 1 fully saturated rings. The highest BCUT2D eigenvalue weighted by Crippen LogP contribution is 2.11. The summed E-state index contributed by atoms with van der Waals surface area (Å²) in [6.07, 6.45) is 1.74. The van der Waals surface area contributed by atoms with Gasteiger partial charge in [-0.05, 0) is 31.0 Å². The minimum atomic E-state index is 0.136. The van der Waals surface area contributed by atoms with Crippen LogP contribution in [0.3, 0.4) is 0 Å². The van der Waals surface area contributed by atoms with Crippen LogP contribution in [0.1, 0.15) is 18.4 Å². The van der Waals surface area contributed by atoms with Gasteiger partial charge in [-0.3, -0.25) is 4.79 Å². The van der Waals surface area contributed by atoms with Gasteiger partial charge in [-0.15, -0.1) is 0 Å². The molecule has 0 aliphatic carbocycles. The molecule has 1 saturated heterocycles. The van der Waals surface area contributed by atoms with Gasteiger partial charge in [0.25, 0.3) is 0 Å². The predicted octanol–water partition coefficient (Wildman–Crippen LogP) is 1.32. The van der Waals surface area contributed by atoms with Crippen molar-refractivity contribution < 1.29 is 9.53 Å². The monoisotopic (exact) mass is 262 g/mol. The fraction of sp³-hybridized carbons (Fsp3) is 0.533. The summed E-state index contributed by atoms with van der Waals surface area (Å²) in [5.74, 6) is 0.641. The lowest BCUT2D eigenvalue weighted by molar-refractivity contribution is -0.122. The molecule has 1 aromatic rings. The van der Waals surface area contributed by atoms with Crippen LogP contribution in [0.5, 0.6) is 0 Å². The molecule has 2 rings (SSSR count). The standard InChI is InChI=1S/C15H22N2O2/c18-15(10-14-6-7-16-11-14)17-8-9-19-12-13-4-2-1-3-5-13/h1-5,14,16H,6-12H2,(H,17,18). The normalized spacial score (nSPS) is 18.4. The molecule has 2 N–H and O–H groups in total. The van der Waals surface area contributed by atoms with Crippen molar-refractivity contribution in [3.05, 3.63) is 35.9 Å². The van der Waals surface area contributed by atoms with Crippen molar-refractivity contribution in [2.24, 2.45) is 5.92 Å². The molecular weight excluding hydrogens is 240 g/mol. The van der Waals surface area contributed by atoms with Gasteiger partial charge in [-0.2, -0.15) is 0 Å². The summed E-state index contributed by atoms with van der Waals surface area (Å²) in [4.78, 5) is 11.6. The first-order chi connectivity index (χ1) is 9.34. The third-order valence-electron chi connectivity index (χ3n) is 3.32. The Hall–Kier alpha value is -1.39. The van der Waals surface area contributed by atoms with Crippen molar-refractivity contribution in [2.75, 3.05) is 26.2 Å². The fourth-order valence-electron chi connectivity index (χ4n) is 2.25. The Balaban J connectivity index is 1.50. The van der Waals surface area contributed by atoms with E-state index in [9.17, 15) is 4.79 Å². The lowest BCUT2D eigenvalue weighted by Crippen LogP contribution is -2.29. The Morgan fingerprint density at radius 1 is 1.37 bits per heavy atom. The van der Waals surface area contributed by atoms with Gasteiger partial charge < -0.3 is 15.4 Å². The summed E-state index contributed by atoms with van der Waals surface area (Å²) < 4.78 is 5.51. The van der Waals surface area contributed by atoms with E-state index in [1.54, 1.807) is 0 Å². The van der Waals surface area contributed by atoms with Gasteiger partial charge >= 0.3 is 0 Å². The summed E-state index contributed by atoms with van der Waals surface area (Å²) in [6.45, 7) is 3.76. The van der Waals surface area contributed by atoms with Crippen LogP contribution in [0.25, 0.3) is 0 Å². The number of benzene rings is 1. The maximum atomic E-state index is 11.6. The first-order valence-corrected chi connectivity index (χ1v) is 6.93. The Morgan fingerprint density at radius 2 is 2.21 bits per heavy atom. The first-order valence-electron chi connectivity index (χ1n) is 6.93. The Labute approximate surface area is 114 Å². The fourth-order valence-corrected chi connectivity index (χ4v) is 2.25. The number of hydrogen-bond donors (Lipinski definition) is 2. The van der Waals surface area contributed by atoms with Crippen LogP contribution < -0.4 is 10.6 Å². The summed E-state index contributed by atoms with van der Waals surface area (Å²) >= 11 is 0. The number of rotatable bonds is 7. The average Bonchev–Trinajstić information content (AvgIpc) is 2.92. The number of nitrogens with one attached hydrogen (secondary N) is 2. The van der Waals surface area contributed by atoms with E-state index in [2.05, 4.69) is 10.6 Å². The molecule has 4 nitrogen and oxygen atoms in total. The number of carbonyl (C=O) groups excluding carboxylic acids is 1. The van der Waals surface area contributed by atoms with E-state index in [0.29, 0.717) is 32.1 Å². The summed E-state index contributed by atoms with van der Waals surface area (Å²) in [6, 6.07) is 10.0. The van der Waals surface area contributed by atoms with Crippen LogP contribution in [0, 0.1) is 5.92 Å². The molecule has 0 spiro atoms. The quantitative estimate of drug-likeness (QED) is 0.729. The largest absolute Gasteiger partial charge is 0.375 e. The maximum absolute atomic E-state index is 11.6. The molecule has 0 bridgehead atoms. The van der Waals surface area contributed by atoms with Crippen molar-refractivity contribution in [2.45, 2.75) is 19.4 Å². The van der Waals surface area contributed by atoms with Gasteiger partial charge in [0.2, 0.25) is 5.91 Å². The van der Waals surface area contributed by atoms with E-state index in [1.165, 1.54) is 0 Å². The summed E-state index contributed by atoms with van der Waals surface area (Å²) in [5, 5.41) is 6.17. The van der Waals surface area contributed by atoms with E-state index >= 15 is 0 Å². The number of carbonyl (C=O) groups is 1. The second-order valence-electron chi connectivity index (χ2n) is 4.95. The van der Waals surface area contributed by atoms with Crippen LogP contribution in [-0.2, 0) is 16.1 Å². The van der Waals surface area contributed by atoms with Gasteiger partial charge in [0.1, 0.15) is 0 Å². The van der Waals surface area contributed by atoms with Gasteiger partial charge in [0.15, 0.2) is 0 Å². The lowest BCUT2D eigenvalue weighted by Gasteiger charge is -2.09. The third-order valence-corrected chi connectivity index (χ3v) is 3.32. The van der Waals surface area contributed by atoms with E-state index in [1.807, 2.05) is 30.3 Å². The minimum Gasteiger partial charge on any atom is -0.375 e. The highest BCUT2D eigenvalue weighted by atomic mass is 16.5. The molecule has 0 radical (unpaired) electrons. The molecule has 1 amide bonds. The molecule has 1 aromatic carbocycles. The molecule has 104 valence electrons. The molecule has 19 heavy (non-hydrogen) atoms. The van der Waals surface area contributed by atoms with E-state index < -0.39 is 0 Å². The number of hydrogen-bond acceptors (Lipinski definition) is 3. The molecular formula is C15H22N2O2. The van der Waals surface area contributed by atoms with Crippen molar-refractivity contribution in [1.29, 1.82) is 0 Å². The first kappa shape index (κ1) is 14.0. The van der Waals surface area contributed by atoms with Crippen LogP contribution >= 0.6 is 0 Å². The van der Waals surface area contributed by atoms with E-state index in [0.717, 1.165) is 25.1 Å². The minimum absolute atomic E-state index is 0.136. The van der Waals surface area contributed by atoms with Crippen LogP contribution in [0.4, 0.5) is 0 Å². The zero-order valence-electron chi connectivity index (χ0n) is 11.2. The van der Waals surface area contributed by atoms with Gasteiger partial charge in [-0.1, -0.05) is 30.3 Å². The van der Waals surface area contributed by atoms with Gasteiger partial charge in [0, 0.05) is 13.0 Å². The average molecular weight is 262 g/mol. The van der Waals surface area contributed by atoms with Crippen LogP contribution in [0.15, 0.2) is 30.3 Å². The molecule has 1 atom stereocenters. The zero-order chi connectivity index (χ0) is 13.3. The van der Waals surface area contributed by atoms with Crippen molar-refractivity contribution in [1.82, 2.24) is 10.6 Å². The maximum Gasteiger partial charge on any atom is 0.220 e. The second kappa shape index (κ2) is 7.92. The number of ether oxygens (including phenoxy) is 1. The van der Waals surface area contributed by atoms with Gasteiger partial charge in [0.05, 0.1) is 13.2 Å². The topological polar surface area (TPSA) is 50.4 Å². The van der Waals surface area contributed by atoms with E-state index in [4.69, 9.17) is 4.74 Å². The second-order valence-corrected chi connectivity index (χ2v) is 4.95. The molecule has 1 unspecified atom stereocenters. The molecule has 0 saturated carbocycles. The smallest absolute Gasteiger partial charge is 0.220 e. The molecule has 1 aliphatic heterocycles. The Kier molecular flexibility index (Phi) is 5.85. The SMILES string of the molecule is O=C(CC1CCNC1)NCCOCc1ccccc1. The van der Waals surface area contributed by atoms with Crippen LogP contribution in [0.2, 0.25) is 0 Å². The zero-order valence-corrected chi connectivity index (χ0v) is 11.2. The molecule has 1 heterocycles. The highest BCUT2D eigenvalue weighted by Gasteiger charge is 2.17. The highest BCUT2D eigenvalue weighted by molar-refractivity contribution is 5.76. The van der Waals surface area contributed by atoms with Crippen molar-refractivity contribution >= 4 is 5.91 Å². The summed E-state index contributed by atoms with van der Waals surface area (Å²) in [5.41, 5.74) is 1.16. The Morgan fingerprint density at radius 3 is 2.95 bits per heavy atom. The Bertz CT molecular complexity index is 375. The van der Waals surface area contributed by atoms with Crippen molar-refractivity contribution in [3.63, 3.8) is 0 Å². The molecule has 0 aromatic heterocycles. The van der Waals surface area contributed by atoms with Crippen LogP contribution in [-0.4, -0.2) is 32.1 Å². The molecule has 1 aliphatic rings. The van der Waals surface area contributed by atoms with Gasteiger partial charge in [-0.25, -0.2) is 0 Å². The number of amides is 1. The molecule has 4 heteroatoms. The summed E-state index contributed by atoms with van der Waals surface area (Å²) in [7, 11) is 0. The van der Waals surface area contributed by atoms with Crippen molar-refractivity contribution in [3.8, 4) is 0 Å². The third kappa shape index (κ3) is 5.41.